The van der Waals surface area contributed by atoms with Crippen molar-refractivity contribution in [2.75, 3.05) is 7.11 Å². The van der Waals surface area contributed by atoms with E-state index in [4.69, 9.17) is 9.68 Å². The molecule has 0 amide bonds. The highest BCUT2D eigenvalue weighted by atomic mass is 16.7. The van der Waals surface area contributed by atoms with E-state index in [2.05, 4.69) is 4.65 Å². The molecule has 0 radical (unpaired) electrons. The van der Waals surface area contributed by atoms with Gasteiger partial charge in [0.25, 0.3) is 0 Å². The van der Waals surface area contributed by atoms with Crippen molar-refractivity contribution in [3.05, 3.63) is 29.8 Å². The maximum atomic E-state index is 8.94. The largest absolute Gasteiger partial charge is 0.710 e. The second-order valence-corrected chi connectivity index (χ2v) is 2.47. The molecule has 64 valence electrons. The fourth-order valence-corrected chi connectivity index (χ4v) is 0.781. The molecule has 0 bridgehead atoms. The minimum absolute atomic E-state index is 0.593. The Kier molecular flexibility index (Phi) is 3.14. The second-order valence-electron chi connectivity index (χ2n) is 2.47. The van der Waals surface area contributed by atoms with Gasteiger partial charge in [0.2, 0.25) is 0 Å². The molecule has 3 nitrogen and oxygen atoms in total. The lowest BCUT2D eigenvalue weighted by molar-refractivity contribution is 0.238. The third kappa shape index (κ3) is 2.56. The second kappa shape index (κ2) is 4.14. The number of hydrogen-bond donors (Lipinski definition) is 1. The van der Waals surface area contributed by atoms with Crippen molar-refractivity contribution >= 4 is 7.32 Å². The van der Waals surface area contributed by atoms with Crippen LogP contribution in [-0.4, -0.2) is 19.5 Å². The molecular formula is C8H11BO3. The van der Waals surface area contributed by atoms with Gasteiger partial charge in [-0.15, -0.1) is 0 Å². The van der Waals surface area contributed by atoms with Crippen molar-refractivity contribution in [2.24, 2.45) is 0 Å². The minimum atomic E-state index is -1.19. The van der Waals surface area contributed by atoms with Crippen molar-refractivity contribution in [3.63, 3.8) is 0 Å². The molecule has 0 unspecified atom stereocenters. The first-order chi connectivity index (χ1) is 5.72. The van der Waals surface area contributed by atoms with Crippen LogP contribution in [0, 0.1) is 6.92 Å². The first-order valence-electron chi connectivity index (χ1n) is 3.66. The van der Waals surface area contributed by atoms with Gasteiger partial charge in [-0.25, -0.2) is 0 Å². The molecule has 1 aromatic carbocycles. The topological polar surface area (TPSA) is 38.7 Å². The highest BCUT2D eigenvalue weighted by Gasteiger charge is 2.14. The third-order valence-corrected chi connectivity index (χ3v) is 1.46. The van der Waals surface area contributed by atoms with Crippen LogP contribution < -0.4 is 4.65 Å². The zero-order chi connectivity index (χ0) is 8.97. The van der Waals surface area contributed by atoms with Gasteiger partial charge >= 0.3 is 7.32 Å². The van der Waals surface area contributed by atoms with Crippen LogP contribution in [-0.2, 0) is 4.65 Å². The van der Waals surface area contributed by atoms with E-state index >= 15 is 0 Å². The lowest BCUT2D eigenvalue weighted by atomic mass is 10.2. The third-order valence-electron chi connectivity index (χ3n) is 1.46. The highest BCUT2D eigenvalue weighted by molar-refractivity contribution is 6.35. The van der Waals surface area contributed by atoms with Crippen molar-refractivity contribution < 1.29 is 14.3 Å². The summed E-state index contributed by atoms with van der Waals surface area (Å²) in [5, 5.41) is 8.94. The molecular weight excluding hydrogens is 155 g/mol. The van der Waals surface area contributed by atoms with Crippen LogP contribution in [0.15, 0.2) is 24.3 Å². The molecule has 0 saturated heterocycles. The number of hydrogen-bond acceptors (Lipinski definition) is 3. The molecule has 12 heavy (non-hydrogen) atoms. The van der Waals surface area contributed by atoms with Crippen molar-refractivity contribution in [3.8, 4) is 5.75 Å². The van der Waals surface area contributed by atoms with Crippen LogP contribution >= 0.6 is 0 Å². The van der Waals surface area contributed by atoms with Gasteiger partial charge in [-0.1, -0.05) is 17.7 Å². The van der Waals surface area contributed by atoms with Gasteiger partial charge in [0.1, 0.15) is 5.75 Å². The summed E-state index contributed by atoms with van der Waals surface area (Å²) in [5.41, 5.74) is 1.15. The maximum absolute atomic E-state index is 8.94. The summed E-state index contributed by atoms with van der Waals surface area (Å²) in [7, 11) is 0.187. The molecule has 1 rings (SSSR count). The lowest BCUT2D eigenvalue weighted by Crippen LogP contribution is -2.23. The Labute approximate surface area is 72.1 Å². The van der Waals surface area contributed by atoms with Crippen LogP contribution in [0.2, 0.25) is 0 Å². The molecule has 1 aromatic rings. The predicted octanol–water partition coefficient (Wildman–Crippen LogP) is 0.997. The van der Waals surface area contributed by atoms with E-state index < -0.39 is 7.32 Å². The lowest BCUT2D eigenvalue weighted by Gasteiger charge is -2.06. The van der Waals surface area contributed by atoms with Gasteiger partial charge in [0, 0.05) is 7.11 Å². The summed E-state index contributed by atoms with van der Waals surface area (Å²) in [6, 6.07) is 7.35. The highest BCUT2D eigenvalue weighted by Crippen LogP contribution is 2.11. The predicted molar refractivity (Wildman–Crippen MR) is 46.8 cm³/mol. The summed E-state index contributed by atoms with van der Waals surface area (Å²) in [6.45, 7) is 1.98. The minimum Gasteiger partial charge on any atom is -0.512 e. The molecule has 0 spiro atoms. The molecule has 0 aromatic heterocycles. The zero-order valence-electron chi connectivity index (χ0n) is 7.15. The summed E-state index contributed by atoms with van der Waals surface area (Å²) >= 11 is 0. The molecule has 0 aliphatic rings. The van der Waals surface area contributed by atoms with Gasteiger partial charge < -0.3 is 14.3 Å². The van der Waals surface area contributed by atoms with Crippen LogP contribution in [0.1, 0.15) is 5.56 Å². The van der Waals surface area contributed by atoms with E-state index in [0.29, 0.717) is 5.75 Å². The summed E-state index contributed by atoms with van der Waals surface area (Å²) in [4.78, 5) is 0. The SMILES string of the molecule is COB(O)Oc1ccc(C)cc1. The van der Waals surface area contributed by atoms with Crippen molar-refractivity contribution in [1.82, 2.24) is 0 Å². The zero-order valence-corrected chi connectivity index (χ0v) is 7.15. The quantitative estimate of drug-likeness (QED) is 0.680. The van der Waals surface area contributed by atoms with E-state index in [-0.39, 0.29) is 0 Å². The standard InChI is InChI=1S/C8H11BO3/c1-7-3-5-8(6-4-7)12-9(10)11-2/h3-6,10H,1-2H3. The van der Waals surface area contributed by atoms with E-state index in [1.54, 1.807) is 12.1 Å². The first kappa shape index (κ1) is 9.10. The number of benzene rings is 1. The monoisotopic (exact) mass is 166 g/mol. The Morgan fingerprint density at radius 3 is 2.33 bits per heavy atom. The molecule has 0 aliphatic heterocycles. The summed E-state index contributed by atoms with van der Waals surface area (Å²) < 4.78 is 9.47. The van der Waals surface area contributed by atoms with E-state index in [1.807, 2.05) is 19.1 Å². The fraction of sp³-hybridized carbons (Fsp3) is 0.250. The van der Waals surface area contributed by atoms with Crippen LogP contribution in [0.25, 0.3) is 0 Å². The Morgan fingerprint density at radius 2 is 1.83 bits per heavy atom. The molecule has 0 saturated carbocycles. The molecule has 0 heterocycles. The normalized spacial score (nSPS) is 9.58. The molecule has 4 heteroatoms. The van der Waals surface area contributed by atoms with E-state index in [0.717, 1.165) is 5.56 Å². The average molecular weight is 166 g/mol. The Balaban J connectivity index is 2.58. The number of rotatable bonds is 3. The van der Waals surface area contributed by atoms with Crippen LogP contribution in [0.5, 0.6) is 5.75 Å². The van der Waals surface area contributed by atoms with Gasteiger partial charge in [-0.05, 0) is 19.1 Å². The van der Waals surface area contributed by atoms with Gasteiger partial charge in [0.15, 0.2) is 0 Å². The fourth-order valence-electron chi connectivity index (χ4n) is 0.781. The first-order valence-corrected chi connectivity index (χ1v) is 3.66. The van der Waals surface area contributed by atoms with Crippen molar-refractivity contribution in [1.29, 1.82) is 0 Å². The average Bonchev–Trinajstić information content (AvgIpc) is 2.09. The van der Waals surface area contributed by atoms with Crippen LogP contribution in [0.4, 0.5) is 0 Å². The Bertz CT molecular complexity index is 235. The van der Waals surface area contributed by atoms with E-state index in [1.165, 1.54) is 7.11 Å². The smallest absolute Gasteiger partial charge is 0.512 e. The summed E-state index contributed by atoms with van der Waals surface area (Å²) in [5.74, 6) is 0.593. The summed E-state index contributed by atoms with van der Waals surface area (Å²) in [6.07, 6.45) is 0. The van der Waals surface area contributed by atoms with Crippen LogP contribution in [0.3, 0.4) is 0 Å². The number of aryl methyl sites for hydroxylation is 1. The molecule has 0 fully saturated rings. The van der Waals surface area contributed by atoms with Crippen molar-refractivity contribution in [2.45, 2.75) is 6.92 Å². The molecule has 0 aliphatic carbocycles. The maximum Gasteiger partial charge on any atom is 0.710 e. The van der Waals surface area contributed by atoms with Gasteiger partial charge in [-0.2, -0.15) is 0 Å². The van der Waals surface area contributed by atoms with Gasteiger partial charge in [-0.3, -0.25) is 0 Å². The Morgan fingerprint density at radius 1 is 1.25 bits per heavy atom. The Hall–Kier alpha value is -0.995. The molecule has 0 atom stereocenters. The van der Waals surface area contributed by atoms with E-state index in [9.17, 15) is 0 Å². The molecule has 1 N–H and O–H groups in total. The van der Waals surface area contributed by atoms with Gasteiger partial charge in [0.05, 0.1) is 0 Å².